The van der Waals surface area contributed by atoms with Crippen LogP contribution < -0.4 is 0 Å². The van der Waals surface area contributed by atoms with Gasteiger partial charge in [0.1, 0.15) is 0 Å². The summed E-state index contributed by atoms with van der Waals surface area (Å²) in [6.07, 6.45) is 2.64. The molecule has 2 atom stereocenters. The predicted molar refractivity (Wildman–Crippen MR) is 69.4 cm³/mol. The largest absolute Gasteiger partial charge is 0.481 e. The van der Waals surface area contributed by atoms with Gasteiger partial charge < -0.3 is 10.2 Å². The molecule has 0 heterocycles. The molecule has 17 heavy (non-hydrogen) atoms. The Morgan fingerprint density at radius 2 is 1.29 bits per heavy atom. The zero-order valence-electron chi connectivity index (χ0n) is 10.5. The van der Waals surface area contributed by atoms with Crippen LogP contribution in [0.15, 0.2) is 0 Å². The summed E-state index contributed by atoms with van der Waals surface area (Å²) in [5.41, 5.74) is 0. The van der Waals surface area contributed by atoms with Crippen LogP contribution in [0.25, 0.3) is 0 Å². The Balaban J connectivity index is 3.64. The summed E-state index contributed by atoms with van der Waals surface area (Å²) in [5, 5.41) is 17.7. The minimum Gasteiger partial charge on any atom is -0.481 e. The summed E-state index contributed by atoms with van der Waals surface area (Å²) in [7, 11) is 0. The molecule has 0 aliphatic carbocycles. The molecular formula is C12H22O4S. The van der Waals surface area contributed by atoms with E-state index in [1.807, 2.05) is 13.8 Å². The number of aliphatic carboxylic acids is 2. The van der Waals surface area contributed by atoms with E-state index in [1.165, 1.54) is 0 Å². The second kappa shape index (κ2) is 9.33. The lowest BCUT2D eigenvalue weighted by Crippen LogP contribution is -2.14. The number of rotatable bonds is 10. The number of thioether (sulfide) groups is 1. The fourth-order valence-corrected chi connectivity index (χ4v) is 2.66. The third-order valence-electron chi connectivity index (χ3n) is 2.91. The van der Waals surface area contributed by atoms with Gasteiger partial charge in [0.2, 0.25) is 0 Å². The van der Waals surface area contributed by atoms with E-state index < -0.39 is 11.9 Å². The van der Waals surface area contributed by atoms with E-state index in [-0.39, 0.29) is 11.8 Å². The molecule has 0 saturated heterocycles. The Bertz CT molecular complexity index is 219. The minimum atomic E-state index is -0.731. The lowest BCUT2D eigenvalue weighted by atomic mass is 10.0. The van der Waals surface area contributed by atoms with Crippen LogP contribution in [0.3, 0.4) is 0 Å². The Kier molecular flexibility index (Phi) is 8.94. The van der Waals surface area contributed by atoms with Gasteiger partial charge in [-0.05, 0) is 37.2 Å². The van der Waals surface area contributed by atoms with Gasteiger partial charge in [0.15, 0.2) is 0 Å². The molecule has 0 amide bonds. The second-order valence-corrected chi connectivity index (χ2v) is 5.30. The Morgan fingerprint density at radius 1 is 0.941 bits per heavy atom. The van der Waals surface area contributed by atoms with Crippen molar-refractivity contribution >= 4 is 23.7 Å². The fourth-order valence-electron chi connectivity index (χ4n) is 1.56. The SMILES string of the molecule is CCC(CCSCCC(CC)C(=O)O)C(=O)O. The average molecular weight is 262 g/mol. The Hall–Kier alpha value is -0.710. The van der Waals surface area contributed by atoms with Crippen LogP contribution in [0.4, 0.5) is 0 Å². The van der Waals surface area contributed by atoms with Crippen molar-refractivity contribution in [3.05, 3.63) is 0 Å². The highest BCUT2D eigenvalue weighted by molar-refractivity contribution is 7.99. The molecule has 2 unspecified atom stereocenters. The highest BCUT2D eigenvalue weighted by atomic mass is 32.2. The van der Waals surface area contributed by atoms with Crippen molar-refractivity contribution < 1.29 is 19.8 Å². The van der Waals surface area contributed by atoms with Crippen LogP contribution in [-0.4, -0.2) is 33.7 Å². The van der Waals surface area contributed by atoms with Gasteiger partial charge in [-0.15, -0.1) is 0 Å². The molecule has 0 aromatic rings. The molecule has 0 aromatic carbocycles. The first-order valence-corrected chi connectivity index (χ1v) is 7.21. The first kappa shape index (κ1) is 16.3. The molecule has 0 aliphatic heterocycles. The molecule has 0 bridgehead atoms. The van der Waals surface area contributed by atoms with E-state index in [9.17, 15) is 9.59 Å². The summed E-state index contributed by atoms with van der Waals surface area (Å²) in [6.45, 7) is 3.75. The van der Waals surface area contributed by atoms with E-state index in [0.717, 1.165) is 11.5 Å². The minimum absolute atomic E-state index is 0.260. The van der Waals surface area contributed by atoms with Crippen LogP contribution in [0, 0.1) is 11.8 Å². The second-order valence-electron chi connectivity index (χ2n) is 4.08. The summed E-state index contributed by atoms with van der Waals surface area (Å²) in [5.74, 6) is -0.398. The fraction of sp³-hybridized carbons (Fsp3) is 0.833. The average Bonchev–Trinajstić information content (AvgIpc) is 2.27. The van der Waals surface area contributed by atoms with Gasteiger partial charge in [-0.2, -0.15) is 11.8 Å². The van der Waals surface area contributed by atoms with Crippen LogP contribution in [0.1, 0.15) is 39.5 Å². The molecule has 0 aliphatic rings. The zero-order chi connectivity index (χ0) is 13.3. The van der Waals surface area contributed by atoms with Crippen molar-refractivity contribution in [1.82, 2.24) is 0 Å². The normalized spacial score (nSPS) is 14.2. The monoisotopic (exact) mass is 262 g/mol. The predicted octanol–water partition coefficient (Wildman–Crippen LogP) is 2.72. The first-order chi connectivity index (χ1) is 8.02. The quantitative estimate of drug-likeness (QED) is 0.592. The van der Waals surface area contributed by atoms with Crippen LogP contribution >= 0.6 is 11.8 Å². The van der Waals surface area contributed by atoms with Crippen molar-refractivity contribution in [3.8, 4) is 0 Å². The van der Waals surface area contributed by atoms with Crippen molar-refractivity contribution in [2.45, 2.75) is 39.5 Å². The zero-order valence-corrected chi connectivity index (χ0v) is 11.3. The van der Waals surface area contributed by atoms with E-state index in [4.69, 9.17) is 10.2 Å². The smallest absolute Gasteiger partial charge is 0.306 e. The van der Waals surface area contributed by atoms with E-state index in [2.05, 4.69) is 0 Å². The van der Waals surface area contributed by atoms with Gasteiger partial charge in [-0.25, -0.2) is 0 Å². The Morgan fingerprint density at radius 3 is 1.53 bits per heavy atom. The van der Waals surface area contributed by atoms with Gasteiger partial charge in [0.25, 0.3) is 0 Å². The maximum Gasteiger partial charge on any atom is 0.306 e. The number of carbonyl (C=O) groups is 2. The van der Waals surface area contributed by atoms with Crippen molar-refractivity contribution in [3.63, 3.8) is 0 Å². The highest BCUT2D eigenvalue weighted by Crippen LogP contribution is 2.17. The number of hydrogen-bond donors (Lipinski definition) is 2. The molecule has 0 fully saturated rings. The third-order valence-corrected chi connectivity index (χ3v) is 3.95. The number of hydrogen-bond acceptors (Lipinski definition) is 3. The van der Waals surface area contributed by atoms with Crippen molar-refractivity contribution in [1.29, 1.82) is 0 Å². The highest BCUT2D eigenvalue weighted by Gasteiger charge is 2.16. The molecular weight excluding hydrogens is 240 g/mol. The molecule has 5 heteroatoms. The summed E-state index contributed by atoms with van der Waals surface area (Å²) in [4.78, 5) is 21.5. The standard InChI is InChI=1S/C12H22O4S/c1-3-9(11(13)14)5-7-17-8-6-10(4-2)12(15)16/h9-10H,3-8H2,1-2H3,(H,13,14)(H,15,16). The van der Waals surface area contributed by atoms with Gasteiger partial charge in [-0.3, -0.25) is 9.59 Å². The Labute approximate surface area is 107 Å². The molecule has 2 N–H and O–H groups in total. The lowest BCUT2D eigenvalue weighted by molar-refractivity contribution is -0.142. The summed E-state index contributed by atoms with van der Waals surface area (Å²) < 4.78 is 0. The maximum atomic E-state index is 10.8. The molecule has 4 nitrogen and oxygen atoms in total. The lowest BCUT2D eigenvalue weighted by Gasteiger charge is -2.11. The molecule has 0 aromatic heterocycles. The van der Waals surface area contributed by atoms with Crippen molar-refractivity contribution in [2.75, 3.05) is 11.5 Å². The molecule has 0 spiro atoms. The summed E-state index contributed by atoms with van der Waals surface area (Å²) >= 11 is 1.65. The van der Waals surface area contributed by atoms with E-state index in [0.29, 0.717) is 25.7 Å². The number of carboxylic acid groups (broad SMARTS) is 2. The van der Waals surface area contributed by atoms with Crippen molar-refractivity contribution in [2.24, 2.45) is 11.8 Å². The van der Waals surface area contributed by atoms with E-state index in [1.54, 1.807) is 11.8 Å². The van der Waals surface area contributed by atoms with Gasteiger partial charge in [0.05, 0.1) is 11.8 Å². The van der Waals surface area contributed by atoms with Gasteiger partial charge in [-0.1, -0.05) is 13.8 Å². The van der Waals surface area contributed by atoms with Gasteiger partial charge >= 0.3 is 11.9 Å². The third kappa shape index (κ3) is 7.26. The van der Waals surface area contributed by atoms with Crippen LogP contribution in [-0.2, 0) is 9.59 Å². The van der Waals surface area contributed by atoms with Crippen LogP contribution in [0.2, 0.25) is 0 Å². The topological polar surface area (TPSA) is 74.6 Å². The molecule has 0 saturated carbocycles. The van der Waals surface area contributed by atoms with Crippen LogP contribution in [0.5, 0.6) is 0 Å². The number of carboxylic acids is 2. The molecule has 0 radical (unpaired) electrons. The molecule has 0 rings (SSSR count). The summed E-state index contributed by atoms with van der Waals surface area (Å²) in [6, 6.07) is 0. The molecule has 100 valence electrons. The van der Waals surface area contributed by atoms with E-state index >= 15 is 0 Å². The van der Waals surface area contributed by atoms with Gasteiger partial charge in [0, 0.05) is 0 Å². The first-order valence-electron chi connectivity index (χ1n) is 6.06. The maximum absolute atomic E-state index is 10.8.